The molecular formula is C10H6Cl6NO2+. The summed E-state index contributed by atoms with van der Waals surface area (Å²) in [6.07, 6.45) is 2.85. The summed E-state index contributed by atoms with van der Waals surface area (Å²) in [6.45, 7) is 0. The maximum Gasteiger partial charge on any atom is 0.301 e. The molecule has 104 valence electrons. The van der Waals surface area contributed by atoms with Gasteiger partial charge in [-0.3, -0.25) is 4.79 Å². The van der Waals surface area contributed by atoms with Gasteiger partial charge in [0.25, 0.3) is 13.4 Å². The molecule has 0 radical (unpaired) electrons. The lowest BCUT2D eigenvalue weighted by Crippen LogP contribution is -2.42. The van der Waals surface area contributed by atoms with Crippen molar-refractivity contribution in [1.82, 2.24) is 0 Å². The van der Waals surface area contributed by atoms with Crippen molar-refractivity contribution in [2.24, 2.45) is 0 Å². The third-order valence-electron chi connectivity index (χ3n) is 1.94. The van der Waals surface area contributed by atoms with Gasteiger partial charge in [0.15, 0.2) is 12.4 Å². The monoisotopic (exact) mass is 382 g/mol. The van der Waals surface area contributed by atoms with Gasteiger partial charge in [0.2, 0.25) is 5.76 Å². The number of Topliss-reactive ketones (excluding diaryl/α,β-unsaturated/α-hetero) is 1. The lowest BCUT2D eigenvalue weighted by molar-refractivity contribution is -0.579. The Morgan fingerprint density at radius 2 is 1.37 bits per heavy atom. The number of carbonyl (C=O) groups is 1. The Kier molecular flexibility index (Phi) is 5.64. The fourth-order valence-corrected chi connectivity index (χ4v) is 1.70. The van der Waals surface area contributed by atoms with Crippen LogP contribution in [0.5, 0.6) is 0 Å². The van der Waals surface area contributed by atoms with E-state index < -0.39 is 24.8 Å². The third-order valence-corrected chi connectivity index (χ3v) is 2.99. The molecule has 1 N–H and O–H groups in total. The summed E-state index contributed by atoms with van der Waals surface area (Å²) in [5, 5.41) is 9.90. The lowest BCUT2D eigenvalue weighted by Gasteiger charge is -2.14. The second-order valence-corrected chi connectivity index (χ2v) is 7.87. The molecule has 1 aromatic rings. The number of hydrogen-bond donors (Lipinski definition) is 1. The van der Waals surface area contributed by atoms with E-state index in [4.69, 9.17) is 69.6 Å². The topological polar surface area (TPSA) is 41.2 Å². The van der Waals surface area contributed by atoms with Crippen molar-refractivity contribution in [3.63, 3.8) is 0 Å². The summed E-state index contributed by atoms with van der Waals surface area (Å²) in [5.41, 5.74) is -0.444. The molecule has 0 unspecified atom stereocenters. The van der Waals surface area contributed by atoms with E-state index in [0.29, 0.717) is 0 Å². The zero-order chi connectivity index (χ0) is 14.8. The van der Waals surface area contributed by atoms with E-state index in [1.165, 1.54) is 17.0 Å². The normalized spacial score (nSPS) is 14.0. The molecule has 19 heavy (non-hydrogen) atoms. The molecule has 0 amide bonds. The second-order valence-electron chi connectivity index (χ2n) is 3.30. The summed E-state index contributed by atoms with van der Waals surface area (Å²) < 4.78 is -3.35. The molecule has 0 bridgehead atoms. The van der Waals surface area contributed by atoms with Crippen LogP contribution in [0.1, 0.15) is 0 Å². The van der Waals surface area contributed by atoms with E-state index in [0.717, 1.165) is 0 Å². The fourth-order valence-electron chi connectivity index (χ4n) is 1.16. The molecule has 0 aliphatic carbocycles. The Morgan fingerprint density at radius 3 is 1.74 bits per heavy atom. The van der Waals surface area contributed by atoms with Gasteiger partial charge in [0.05, 0.1) is 0 Å². The van der Waals surface area contributed by atoms with E-state index in [1.54, 1.807) is 18.2 Å². The van der Waals surface area contributed by atoms with Crippen LogP contribution in [-0.4, -0.2) is 18.5 Å². The number of ketones is 1. The third kappa shape index (κ3) is 4.55. The molecule has 0 aromatic carbocycles. The van der Waals surface area contributed by atoms with Crippen LogP contribution in [-0.2, 0) is 4.79 Å². The van der Waals surface area contributed by atoms with Gasteiger partial charge in [-0.1, -0.05) is 75.7 Å². The highest BCUT2D eigenvalue weighted by Gasteiger charge is 2.45. The zero-order valence-electron chi connectivity index (χ0n) is 8.96. The lowest BCUT2D eigenvalue weighted by atomic mass is 10.2. The van der Waals surface area contributed by atoms with Crippen LogP contribution in [0.15, 0.2) is 36.4 Å². The zero-order valence-corrected chi connectivity index (χ0v) is 13.5. The molecule has 0 fully saturated rings. The summed E-state index contributed by atoms with van der Waals surface area (Å²) >= 11 is 33.2. The Morgan fingerprint density at radius 1 is 0.895 bits per heavy atom. The van der Waals surface area contributed by atoms with E-state index >= 15 is 0 Å². The smallest absolute Gasteiger partial charge is 0.301 e. The SMILES string of the molecule is O=C(/C(=C(\O)C(Cl)(Cl)Cl)[n+]1ccccc1)C(Cl)(Cl)Cl. The van der Waals surface area contributed by atoms with Crippen molar-refractivity contribution in [2.45, 2.75) is 7.59 Å². The Labute approximate surface area is 139 Å². The first-order valence-corrected chi connectivity index (χ1v) is 6.90. The van der Waals surface area contributed by atoms with Crippen molar-refractivity contribution in [1.29, 1.82) is 0 Å². The van der Waals surface area contributed by atoms with Gasteiger partial charge in [-0.15, -0.1) is 0 Å². The fraction of sp³-hybridized carbons (Fsp3) is 0.200. The van der Waals surface area contributed by atoms with Crippen molar-refractivity contribution < 1.29 is 14.5 Å². The Hall–Kier alpha value is 0.1000. The van der Waals surface area contributed by atoms with Crippen LogP contribution < -0.4 is 4.57 Å². The molecule has 1 aromatic heterocycles. The molecular weight excluding hydrogens is 379 g/mol. The van der Waals surface area contributed by atoms with Gasteiger partial charge >= 0.3 is 5.70 Å². The van der Waals surface area contributed by atoms with Gasteiger partial charge in [-0.25, -0.2) is 0 Å². The van der Waals surface area contributed by atoms with E-state index in [-0.39, 0.29) is 0 Å². The standard InChI is InChI=1S/C10H5Cl6NO2/c11-9(12,13)7(18)6(8(19)10(14,15)16)17-4-2-1-3-5-17/h1-5H/p+1. The molecule has 0 saturated heterocycles. The van der Waals surface area contributed by atoms with Gasteiger partial charge in [-0.05, 0) is 0 Å². The van der Waals surface area contributed by atoms with E-state index in [9.17, 15) is 9.90 Å². The molecule has 0 atom stereocenters. The average Bonchev–Trinajstić information content (AvgIpc) is 2.28. The first-order valence-electron chi connectivity index (χ1n) is 4.63. The first kappa shape index (κ1) is 17.2. The van der Waals surface area contributed by atoms with Crippen LogP contribution in [0.3, 0.4) is 0 Å². The minimum Gasteiger partial charge on any atom is -0.503 e. The highest BCUT2D eigenvalue weighted by Crippen LogP contribution is 2.38. The van der Waals surface area contributed by atoms with Crippen molar-refractivity contribution in [3.8, 4) is 0 Å². The summed E-state index contributed by atoms with van der Waals surface area (Å²) in [7, 11) is 0. The van der Waals surface area contributed by atoms with Gasteiger partial charge in [-0.2, -0.15) is 4.57 Å². The first-order chi connectivity index (χ1) is 8.55. The minimum absolute atomic E-state index is 0.444. The molecule has 0 aliphatic heterocycles. The number of rotatable bonds is 2. The molecule has 0 saturated carbocycles. The molecule has 3 nitrogen and oxygen atoms in total. The number of carbonyl (C=O) groups excluding carboxylic acids is 1. The highest BCUT2D eigenvalue weighted by atomic mass is 35.6. The highest BCUT2D eigenvalue weighted by molar-refractivity contribution is 6.79. The number of hydrogen-bond acceptors (Lipinski definition) is 2. The number of pyridine rings is 1. The maximum absolute atomic E-state index is 12.0. The van der Waals surface area contributed by atoms with Crippen LogP contribution in [0.2, 0.25) is 0 Å². The predicted octanol–water partition coefficient (Wildman–Crippen LogP) is 4.01. The molecule has 0 spiro atoms. The van der Waals surface area contributed by atoms with Gasteiger partial charge in [0, 0.05) is 12.1 Å². The summed E-state index contributed by atoms with van der Waals surface area (Å²) in [5.74, 6) is -1.87. The van der Waals surface area contributed by atoms with E-state index in [1.807, 2.05) is 0 Å². The predicted molar refractivity (Wildman–Crippen MR) is 78.1 cm³/mol. The summed E-state index contributed by atoms with van der Waals surface area (Å²) in [6, 6.07) is 4.84. The number of alkyl halides is 6. The average molecular weight is 385 g/mol. The molecule has 1 heterocycles. The number of aromatic nitrogens is 1. The number of aliphatic hydroxyl groups is 1. The second kappa shape index (κ2) is 6.25. The van der Waals surface area contributed by atoms with Crippen LogP contribution in [0, 0.1) is 0 Å². The number of nitrogens with zero attached hydrogens (tertiary/aromatic N) is 1. The van der Waals surface area contributed by atoms with Crippen LogP contribution in [0.4, 0.5) is 0 Å². The number of aliphatic hydroxyl groups excluding tert-OH is 1. The van der Waals surface area contributed by atoms with Crippen molar-refractivity contribution in [2.75, 3.05) is 0 Å². The van der Waals surface area contributed by atoms with E-state index in [2.05, 4.69) is 0 Å². The van der Waals surface area contributed by atoms with Crippen LogP contribution in [0.25, 0.3) is 5.70 Å². The van der Waals surface area contributed by atoms with Crippen molar-refractivity contribution >= 4 is 81.1 Å². The maximum atomic E-state index is 12.0. The molecule has 9 heteroatoms. The Balaban J connectivity index is 3.50. The Bertz CT molecular complexity index is 503. The van der Waals surface area contributed by atoms with Gasteiger partial charge in [0.1, 0.15) is 0 Å². The number of halogens is 6. The van der Waals surface area contributed by atoms with Gasteiger partial charge < -0.3 is 5.11 Å². The summed E-state index contributed by atoms with van der Waals surface area (Å²) in [4.78, 5) is 12.0. The largest absolute Gasteiger partial charge is 0.503 e. The molecule has 0 aliphatic rings. The number of allylic oxidation sites excluding steroid dienone is 2. The van der Waals surface area contributed by atoms with Crippen molar-refractivity contribution in [3.05, 3.63) is 36.4 Å². The minimum atomic E-state index is -2.30. The quantitative estimate of drug-likeness (QED) is 0.362. The van der Waals surface area contributed by atoms with Crippen LogP contribution >= 0.6 is 69.6 Å². The molecule has 1 rings (SSSR count).